The molecule has 7 heteroatoms. The number of hydrogen-bond acceptors (Lipinski definition) is 7. The zero-order chi connectivity index (χ0) is 25.9. The largest absolute Gasteiger partial charge is 0.497 e. The maximum Gasteiger partial charge on any atom is 0.163 e. The molecule has 1 heterocycles. The molecule has 37 heavy (non-hydrogen) atoms. The first-order valence-corrected chi connectivity index (χ1v) is 12.5. The van der Waals surface area contributed by atoms with Gasteiger partial charge in [0.25, 0.3) is 0 Å². The maximum atomic E-state index is 13.9. The Balaban J connectivity index is 1.58. The topological polar surface area (TPSA) is 78.1 Å². The van der Waals surface area contributed by atoms with Gasteiger partial charge in [-0.05, 0) is 61.2 Å². The number of carbonyl (C=O) groups is 1. The summed E-state index contributed by atoms with van der Waals surface area (Å²) in [7, 11) is 4.89. The van der Waals surface area contributed by atoms with Crippen molar-refractivity contribution < 1.29 is 23.7 Å². The summed E-state index contributed by atoms with van der Waals surface area (Å²) in [5.74, 6) is 2.83. The summed E-state index contributed by atoms with van der Waals surface area (Å²) in [6.45, 7) is 2.50. The molecule has 0 fully saturated rings. The van der Waals surface area contributed by atoms with Crippen LogP contribution in [0.4, 0.5) is 11.4 Å². The first kappa shape index (κ1) is 24.6. The molecule has 2 aliphatic rings. The van der Waals surface area contributed by atoms with Crippen molar-refractivity contribution in [3.8, 4) is 23.0 Å². The van der Waals surface area contributed by atoms with E-state index in [1.54, 1.807) is 21.3 Å². The van der Waals surface area contributed by atoms with Crippen molar-refractivity contribution in [2.24, 2.45) is 0 Å². The molecule has 2 N–H and O–H groups in total. The Hall–Kier alpha value is -4.13. The van der Waals surface area contributed by atoms with Gasteiger partial charge >= 0.3 is 0 Å². The third-order valence-electron chi connectivity index (χ3n) is 7.02. The zero-order valence-electron chi connectivity index (χ0n) is 21.6. The number of Topliss-reactive ketones (excluding diaryl/α,β-unsaturated/α-hetero) is 1. The van der Waals surface area contributed by atoms with Gasteiger partial charge in [0.15, 0.2) is 17.3 Å². The summed E-state index contributed by atoms with van der Waals surface area (Å²) in [6, 6.07) is 19.3. The molecule has 192 valence electrons. The lowest BCUT2D eigenvalue weighted by Crippen LogP contribution is -2.27. The Kier molecular flexibility index (Phi) is 6.95. The maximum absolute atomic E-state index is 13.9. The van der Waals surface area contributed by atoms with E-state index in [4.69, 9.17) is 18.9 Å². The minimum Gasteiger partial charge on any atom is -0.497 e. The monoisotopic (exact) mass is 500 g/mol. The molecule has 1 aliphatic carbocycles. The van der Waals surface area contributed by atoms with Crippen LogP contribution in [0.2, 0.25) is 0 Å². The van der Waals surface area contributed by atoms with E-state index in [0.29, 0.717) is 42.4 Å². The molecule has 3 aromatic rings. The number of nitrogens with one attached hydrogen (secondary N) is 2. The summed E-state index contributed by atoms with van der Waals surface area (Å²) in [5, 5.41) is 7.20. The molecule has 0 aromatic heterocycles. The molecule has 0 radical (unpaired) electrons. The average Bonchev–Trinajstić information content (AvgIpc) is 3.09. The van der Waals surface area contributed by atoms with Gasteiger partial charge in [-0.3, -0.25) is 4.79 Å². The summed E-state index contributed by atoms with van der Waals surface area (Å²) in [6.07, 6.45) is 1.08. The molecule has 5 rings (SSSR count). The van der Waals surface area contributed by atoms with E-state index < -0.39 is 0 Å². The first-order chi connectivity index (χ1) is 18.1. The summed E-state index contributed by atoms with van der Waals surface area (Å²) >= 11 is 0. The van der Waals surface area contributed by atoms with E-state index in [-0.39, 0.29) is 17.7 Å². The van der Waals surface area contributed by atoms with Crippen molar-refractivity contribution in [2.75, 3.05) is 38.6 Å². The van der Waals surface area contributed by atoms with Crippen LogP contribution in [0.25, 0.3) is 0 Å². The van der Waals surface area contributed by atoms with Gasteiger partial charge in [-0.2, -0.15) is 0 Å². The molecular weight excluding hydrogens is 468 g/mol. The predicted octanol–water partition coefficient (Wildman–Crippen LogP) is 6.09. The van der Waals surface area contributed by atoms with Crippen LogP contribution in [-0.4, -0.2) is 33.7 Å². The highest BCUT2D eigenvalue weighted by Gasteiger charge is 2.37. The molecular formula is C30H32N2O5. The average molecular weight is 501 g/mol. The molecule has 7 nitrogen and oxygen atoms in total. The smallest absolute Gasteiger partial charge is 0.163 e. The van der Waals surface area contributed by atoms with Gasteiger partial charge in [0.1, 0.15) is 11.5 Å². The van der Waals surface area contributed by atoms with Crippen LogP contribution >= 0.6 is 0 Å². The number of ketones is 1. The standard InChI is InChI=1S/C30H32N2O5/c1-5-37-26-13-10-18(16-28(26)36-4)19-14-24-29(25(33)15-19)30(32-23-9-7-6-8-22(23)31-24)21-12-11-20(34-2)17-27(21)35-3/h6-13,16-17,19,30-32H,5,14-15H2,1-4H3. The number of benzene rings is 3. The lowest BCUT2D eigenvalue weighted by atomic mass is 9.78. The second-order valence-electron chi connectivity index (χ2n) is 9.12. The van der Waals surface area contributed by atoms with Crippen molar-refractivity contribution in [3.63, 3.8) is 0 Å². The van der Waals surface area contributed by atoms with E-state index in [1.165, 1.54) is 0 Å². The van der Waals surface area contributed by atoms with Crippen LogP contribution in [0.1, 0.15) is 42.9 Å². The molecule has 2 atom stereocenters. The SMILES string of the molecule is CCOc1ccc(C2CC(=O)C3=C(C2)Nc2ccccc2NC3c2ccc(OC)cc2OC)cc1OC. The highest BCUT2D eigenvalue weighted by Crippen LogP contribution is 2.47. The second kappa shape index (κ2) is 10.5. The fourth-order valence-corrected chi connectivity index (χ4v) is 5.23. The highest BCUT2D eigenvalue weighted by atomic mass is 16.5. The molecule has 0 spiro atoms. The third kappa shape index (κ3) is 4.69. The van der Waals surface area contributed by atoms with Gasteiger partial charge in [-0.25, -0.2) is 0 Å². The van der Waals surface area contributed by atoms with Crippen LogP contribution in [0.5, 0.6) is 23.0 Å². The van der Waals surface area contributed by atoms with E-state index in [0.717, 1.165) is 33.8 Å². The number of anilines is 2. The van der Waals surface area contributed by atoms with Crippen molar-refractivity contribution in [1.29, 1.82) is 0 Å². The fraction of sp³-hybridized carbons (Fsp3) is 0.300. The first-order valence-electron chi connectivity index (χ1n) is 12.5. The Morgan fingerprint density at radius 2 is 1.62 bits per heavy atom. The fourth-order valence-electron chi connectivity index (χ4n) is 5.23. The third-order valence-corrected chi connectivity index (χ3v) is 7.02. The Labute approximate surface area is 217 Å². The van der Waals surface area contributed by atoms with E-state index in [1.807, 2.05) is 67.6 Å². The van der Waals surface area contributed by atoms with E-state index in [9.17, 15) is 4.79 Å². The number of fused-ring (bicyclic) bond motifs is 1. The summed E-state index contributed by atoms with van der Waals surface area (Å²) in [4.78, 5) is 13.9. The van der Waals surface area contributed by atoms with Crippen LogP contribution in [0, 0.1) is 0 Å². The Bertz CT molecular complexity index is 1350. The lowest BCUT2D eigenvalue weighted by molar-refractivity contribution is -0.116. The van der Waals surface area contributed by atoms with Crippen LogP contribution in [0.15, 0.2) is 71.9 Å². The number of ether oxygens (including phenoxy) is 4. The molecule has 1 aliphatic heterocycles. The van der Waals surface area contributed by atoms with Gasteiger partial charge in [-0.1, -0.05) is 18.2 Å². The summed E-state index contributed by atoms with van der Waals surface area (Å²) < 4.78 is 22.4. The second-order valence-corrected chi connectivity index (χ2v) is 9.12. The number of para-hydroxylation sites is 2. The number of allylic oxidation sites excluding steroid dienone is 1. The van der Waals surface area contributed by atoms with Crippen molar-refractivity contribution in [3.05, 3.63) is 83.1 Å². The van der Waals surface area contributed by atoms with Gasteiger partial charge in [0, 0.05) is 29.3 Å². The van der Waals surface area contributed by atoms with Gasteiger partial charge in [-0.15, -0.1) is 0 Å². The molecule has 2 unspecified atom stereocenters. The van der Waals surface area contributed by atoms with E-state index in [2.05, 4.69) is 10.6 Å². The number of carbonyl (C=O) groups excluding carboxylic acids is 1. The number of methoxy groups -OCH3 is 3. The van der Waals surface area contributed by atoms with Crippen molar-refractivity contribution in [1.82, 2.24) is 0 Å². The Morgan fingerprint density at radius 1 is 0.838 bits per heavy atom. The molecule has 0 saturated carbocycles. The van der Waals surface area contributed by atoms with Crippen LogP contribution in [0.3, 0.4) is 0 Å². The molecule has 0 bridgehead atoms. The minimum atomic E-state index is -0.379. The van der Waals surface area contributed by atoms with Crippen LogP contribution in [-0.2, 0) is 4.79 Å². The van der Waals surface area contributed by atoms with Crippen molar-refractivity contribution in [2.45, 2.75) is 31.7 Å². The summed E-state index contributed by atoms with van der Waals surface area (Å²) in [5.41, 5.74) is 5.42. The Morgan fingerprint density at radius 3 is 2.35 bits per heavy atom. The quantitative estimate of drug-likeness (QED) is 0.406. The number of rotatable bonds is 7. The van der Waals surface area contributed by atoms with Gasteiger partial charge in [0.05, 0.1) is 45.4 Å². The predicted molar refractivity (Wildman–Crippen MR) is 144 cm³/mol. The molecule has 3 aromatic carbocycles. The van der Waals surface area contributed by atoms with Crippen molar-refractivity contribution >= 4 is 17.2 Å². The lowest BCUT2D eigenvalue weighted by Gasteiger charge is -2.30. The van der Waals surface area contributed by atoms with Gasteiger partial charge in [0.2, 0.25) is 0 Å². The highest BCUT2D eigenvalue weighted by molar-refractivity contribution is 6.01. The number of hydrogen-bond donors (Lipinski definition) is 2. The normalized spacial score (nSPS) is 18.5. The molecule has 0 amide bonds. The minimum absolute atomic E-state index is 0.00648. The zero-order valence-corrected chi connectivity index (χ0v) is 21.6. The van der Waals surface area contributed by atoms with E-state index >= 15 is 0 Å². The van der Waals surface area contributed by atoms with Gasteiger partial charge < -0.3 is 29.6 Å². The molecule has 0 saturated heterocycles. The van der Waals surface area contributed by atoms with Crippen LogP contribution < -0.4 is 29.6 Å².